The highest BCUT2D eigenvalue weighted by atomic mass is 35.5. The van der Waals surface area contributed by atoms with Crippen molar-refractivity contribution in [2.24, 2.45) is 0 Å². The van der Waals surface area contributed by atoms with Crippen LogP contribution >= 0.6 is 11.6 Å². The lowest BCUT2D eigenvalue weighted by atomic mass is 10.2. The van der Waals surface area contributed by atoms with E-state index >= 15 is 0 Å². The van der Waals surface area contributed by atoms with Crippen LogP contribution in [0.2, 0.25) is 0 Å². The van der Waals surface area contributed by atoms with Gasteiger partial charge in [0.15, 0.2) is 9.84 Å². The summed E-state index contributed by atoms with van der Waals surface area (Å²) in [4.78, 5) is 0. The molecule has 0 aliphatic heterocycles. The maximum atomic E-state index is 11.4. The number of halogens is 1. The van der Waals surface area contributed by atoms with Crippen LogP contribution < -0.4 is 5.32 Å². The number of nitrogens with one attached hydrogen (secondary N) is 1. The lowest BCUT2D eigenvalue weighted by Gasteiger charge is -2.08. The molecule has 1 N–H and O–H groups in total. The minimum Gasteiger partial charge on any atom is -0.385 e. The zero-order chi connectivity index (χ0) is 13.6. The molecular formula is C12H15ClN2O2S. The molecule has 1 rings (SSSR count). The smallest absolute Gasteiger partial charge is 0.166 e. The van der Waals surface area contributed by atoms with E-state index in [-0.39, 0.29) is 5.75 Å². The van der Waals surface area contributed by atoms with Crippen LogP contribution in [0.3, 0.4) is 0 Å². The van der Waals surface area contributed by atoms with Crippen LogP contribution in [-0.4, -0.2) is 25.4 Å². The van der Waals surface area contributed by atoms with E-state index in [2.05, 4.69) is 5.32 Å². The molecular weight excluding hydrogens is 272 g/mol. The average molecular weight is 287 g/mol. The standard InChI is InChI=1S/C12H15ClN2O2S/c1-10(13)18(16,17)7-3-6-15-12-5-2-4-11(8-12)9-14/h2,4-5,8,10,15H,3,6-7H2,1H3. The minimum atomic E-state index is -3.19. The van der Waals surface area contributed by atoms with Gasteiger partial charge in [0.1, 0.15) is 4.71 Å². The zero-order valence-corrected chi connectivity index (χ0v) is 11.6. The van der Waals surface area contributed by atoms with Crippen LogP contribution in [0.25, 0.3) is 0 Å². The second kappa shape index (κ2) is 6.62. The molecule has 4 nitrogen and oxygen atoms in total. The Morgan fingerprint density at radius 3 is 2.83 bits per heavy atom. The topological polar surface area (TPSA) is 70.0 Å². The predicted octanol–water partition coefficient (Wildman–Crippen LogP) is 2.36. The van der Waals surface area contributed by atoms with Gasteiger partial charge < -0.3 is 5.32 Å². The quantitative estimate of drug-likeness (QED) is 0.644. The molecule has 0 saturated carbocycles. The second-order valence-corrected chi connectivity index (χ2v) is 7.24. The summed E-state index contributed by atoms with van der Waals surface area (Å²) in [7, 11) is -3.19. The Labute approximate surface area is 112 Å². The number of hydrogen-bond acceptors (Lipinski definition) is 4. The van der Waals surface area contributed by atoms with Crippen LogP contribution in [0, 0.1) is 11.3 Å². The van der Waals surface area contributed by atoms with Crippen LogP contribution in [0.4, 0.5) is 5.69 Å². The first-order valence-electron chi connectivity index (χ1n) is 5.55. The van der Waals surface area contributed by atoms with Gasteiger partial charge in [-0.2, -0.15) is 5.26 Å². The molecule has 0 amide bonds. The number of rotatable bonds is 6. The van der Waals surface area contributed by atoms with Crippen molar-refractivity contribution < 1.29 is 8.42 Å². The maximum Gasteiger partial charge on any atom is 0.166 e. The second-order valence-electron chi connectivity index (χ2n) is 3.88. The van der Waals surface area contributed by atoms with E-state index in [0.29, 0.717) is 18.5 Å². The fourth-order valence-corrected chi connectivity index (χ4v) is 2.51. The molecule has 0 bridgehead atoms. The summed E-state index contributed by atoms with van der Waals surface area (Å²) in [6, 6.07) is 9.09. The summed E-state index contributed by atoms with van der Waals surface area (Å²) >= 11 is 5.56. The molecule has 0 heterocycles. The molecule has 0 fully saturated rings. The van der Waals surface area contributed by atoms with E-state index in [4.69, 9.17) is 16.9 Å². The molecule has 0 spiro atoms. The summed E-state index contributed by atoms with van der Waals surface area (Å²) in [6.45, 7) is 1.98. The Morgan fingerprint density at radius 1 is 1.50 bits per heavy atom. The van der Waals surface area contributed by atoms with E-state index in [1.54, 1.807) is 18.2 Å². The average Bonchev–Trinajstić information content (AvgIpc) is 2.35. The van der Waals surface area contributed by atoms with Gasteiger partial charge in [-0.3, -0.25) is 0 Å². The van der Waals surface area contributed by atoms with Crippen molar-refractivity contribution >= 4 is 27.1 Å². The van der Waals surface area contributed by atoms with Gasteiger partial charge in [-0.1, -0.05) is 6.07 Å². The fraction of sp³-hybridized carbons (Fsp3) is 0.417. The summed E-state index contributed by atoms with van der Waals surface area (Å²) in [5.41, 5.74) is 1.38. The van der Waals surface area contributed by atoms with Crippen molar-refractivity contribution in [3.63, 3.8) is 0 Å². The summed E-state index contributed by atoms with van der Waals surface area (Å²) in [5.74, 6) is 0.0581. The van der Waals surface area contributed by atoms with Crippen molar-refractivity contribution in [3.05, 3.63) is 29.8 Å². The molecule has 6 heteroatoms. The predicted molar refractivity (Wildman–Crippen MR) is 73.4 cm³/mol. The molecule has 98 valence electrons. The molecule has 1 aromatic carbocycles. The largest absolute Gasteiger partial charge is 0.385 e. The van der Waals surface area contributed by atoms with Crippen molar-refractivity contribution in [1.82, 2.24) is 0 Å². The number of nitrogens with zero attached hydrogens (tertiary/aromatic N) is 1. The third-order valence-electron chi connectivity index (χ3n) is 2.42. The Balaban J connectivity index is 2.41. The van der Waals surface area contributed by atoms with Gasteiger partial charge >= 0.3 is 0 Å². The lowest BCUT2D eigenvalue weighted by Crippen LogP contribution is -2.18. The van der Waals surface area contributed by atoms with Crippen LogP contribution in [0.5, 0.6) is 0 Å². The first kappa shape index (κ1) is 14.8. The number of benzene rings is 1. The molecule has 0 aliphatic rings. The van der Waals surface area contributed by atoms with E-state index in [1.807, 2.05) is 12.1 Å². The molecule has 0 saturated heterocycles. The summed E-state index contributed by atoms with van der Waals surface area (Å²) < 4.78 is 22.0. The number of hydrogen-bond donors (Lipinski definition) is 1. The molecule has 1 aromatic rings. The van der Waals surface area contributed by atoms with Crippen LogP contribution in [0.15, 0.2) is 24.3 Å². The summed E-state index contributed by atoms with van der Waals surface area (Å²) in [5, 5.41) is 11.8. The number of nitriles is 1. The van der Waals surface area contributed by atoms with Gasteiger partial charge in [-0.15, -0.1) is 11.6 Å². The van der Waals surface area contributed by atoms with Crippen LogP contribution in [-0.2, 0) is 9.84 Å². The Bertz CT molecular complexity index is 535. The Hall–Kier alpha value is -1.25. The number of sulfone groups is 1. The monoisotopic (exact) mass is 286 g/mol. The van der Waals surface area contributed by atoms with Gasteiger partial charge in [-0.25, -0.2) is 8.42 Å². The van der Waals surface area contributed by atoms with Crippen molar-refractivity contribution in [1.29, 1.82) is 5.26 Å². The van der Waals surface area contributed by atoms with Gasteiger partial charge in [0.25, 0.3) is 0 Å². The lowest BCUT2D eigenvalue weighted by molar-refractivity contribution is 0.592. The SMILES string of the molecule is CC(Cl)S(=O)(=O)CCCNc1cccc(C#N)c1. The van der Waals surface area contributed by atoms with E-state index in [0.717, 1.165) is 5.69 Å². The fourth-order valence-electron chi connectivity index (χ4n) is 1.37. The third-order valence-corrected chi connectivity index (χ3v) is 5.08. The van der Waals surface area contributed by atoms with E-state index < -0.39 is 14.5 Å². The van der Waals surface area contributed by atoms with Crippen molar-refractivity contribution in [3.8, 4) is 6.07 Å². The Morgan fingerprint density at radius 2 is 2.22 bits per heavy atom. The highest BCUT2D eigenvalue weighted by Crippen LogP contribution is 2.11. The highest BCUT2D eigenvalue weighted by Gasteiger charge is 2.16. The van der Waals surface area contributed by atoms with E-state index in [1.165, 1.54) is 6.92 Å². The number of alkyl halides is 1. The molecule has 18 heavy (non-hydrogen) atoms. The highest BCUT2D eigenvalue weighted by molar-refractivity contribution is 7.93. The van der Waals surface area contributed by atoms with Crippen molar-refractivity contribution in [2.45, 2.75) is 18.1 Å². The van der Waals surface area contributed by atoms with E-state index in [9.17, 15) is 8.42 Å². The van der Waals surface area contributed by atoms with Gasteiger partial charge in [0.2, 0.25) is 0 Å². The van der Waals surface area contributed by atoms with Gasteiger partial charge in [0.05, 0.1) is 17.4 Å². The minimum absolute atomic E-state index is 0.0581. The third kappa shape index (κ3) is 4.55. The molecule has 1 atom stereocenters. The first-order valence-corrected chi connectivity index (χ1v) is 7.70. The van der Waals surface area contributed by atoms with Gasteiger partial charge in [0, 0.05) is 12.2 Å². The maximum absolute atomic E-state index is 11.4. The molecule has 0 radical (unpaired) electrons. The van der Waals surface area contributed by atoms with Crippen molar-refractivity contribution in [2.75, 3.05) is 17.6 Å². The molecule has 0 aromatic heterocycles. The molecule has 0 aliphatic carbocycles. The van der Waals surface area contributed by atoms with Gasteiger partial charge in [-0.05, 0) is 31.5 Å². The van der Waals surface area contributed by atoms with Crippen LogP contribution in [0.1, 0.15) is 18.9 Å². The normalized spacial score (nSPS) is 12.7. The summed E-state index contributed by atoms with van der Waals surface area (Å²) in [6.07, 6.45) is 0.482. The molecule has 1 unspecified atom stereocenters. The Kier molecular flexibility index (Phi) is 5.45. The number of anilines is 1. The first-order chi connectivity index (χ1) is 8.45. The zero-order valence-electron chi connectivity index (χ0n) is 10.1.